The first-order valence-corrected chi connectivity index (χ1v) is 6.16. The first-order valence-electron chi connectivity index (χ1n) is 6.16. The largest absolute Gasteiger partial charge is 0.433 e. The fourth-order valence-electron chi connectivity index (χ4n) is 2.05. The molecule has 0 aliphatic carbocycles. The molecule has 0 radical (unpaired) electrons. The average molecular weight is 291 g/mol. The lowest BCUT2D eigenvalue weighted by Gasteiger charge is -2.13. The van der Waals surface area contributed by atoms with Crippen LogP contribution < -0.4 is 5.32 Å². The van der Waals surface area contributed by atoms with Gasteiger partial charge in [-0.25, -0.2) is 0 Å². The molecule has 0 bridgehead atoms. The Kier molecular flexibility index (Phi) is 4.29. The number of furan rings is 1. The monoisotopic (exact) mass is 291 g/mol. The van der Waals surface area contributed by atoms with Crippen molar-refractivity contribution in [3.05, 3.63) is 68.0 Å². The van der Waals surface area contributed by atoms with E-state index in [0.29, 0.717) is 17.7 Å². The third-order valence-corrected chi connectivity index (χ3v) is 3.10. The van der Waals surface area contributed by atoms with E-state index in [2.05, 4.69) is 5.32 Å². The Hall–Kier alpha value is -2.74. The molecule has 8 heteroatoms. The summed E-state index contributed by atoms with van der Waals surface area (Å²) in [6.07, 6.45) is 0.290. The highest BCUT2D eigenvalue weighted by molar-refractivity contribution is 5.40. The number of hydrogen-bond donors (Lipinski definition) is 1. The Morgan fingerprint density at radius 1 is 1.14 bits per heavy atom. The van der Waals surface area contributed by atoms with Crippen LogP contribution in [0, 0.1) is 20.2 Å². The standard InChI is InChI=1S/C13H13N3O5/c1-14-10(12-6-7-13(21-12)16(19)20)8-9-4-2-3-5-11(9)15(17)18/h2-7,10,14H,8H2,1H3. The number of nitro groups is 2. The van der Waals surface area contributed by atoms with Crippen LogP contribution in [0.15, 0.2) is 40.8 Å². The van der Waals surface area contributed by atoms with Gasteiger partial charge in [0.2, 0.25) is 0 Å². The fourth-order valence-corrected chi connectivity index (χ4v) is 2.05. The fraction of sp³-hybridized carbons (Fsp3) is 0.231. The summed E-state index contributed by atoms with van der Waals surface area (Å²) in [4.78, 5) is 20.5. The second kappa shape index (κ2) is 6.14. The van der Waals surface area contributed by atoms with Crippen LogP contribution in [-0.4, -0.2) is 16.9 Å². The van der Waals surface area contributed by atoms with Crippen molar-refractivity contribution in [2.75, 3.05) is 7.05 Å². The highest BCUT2D eigenvalue weighted by Gasteiger charge is 2.22. The van der Waals surface area contributed by atoms with Crippen molar-refractivity contribution in [3.8, 4) is 0 Å². The summed E-state index contributed by atoms with van der Waals surface area (Å²) >= 11 is 0. The van der Waals surface area contributed by atoms with Crippen molar-refractivity contribution in [1.29, 1.82) is 0 Å². The summed E-state index contributed by atoms with van der Waals surface area (Å²) in [6.45, 7) is 0. The molecule has 2 rings (SSSR count). The molecule has 8 nitrogen and oxygen atoms in total. The van der Waals surface area contributed by atoms with E-state index in [4.69, 9.17) is 4.42 Å². The molecule has 0 aliphatic rings. The first-order chi connectivity index (χ1) is 10.0. The molecule has 0 saturated heterocycles. The van der Waals surface area contributed by atoms with E-state index in [1.807, 2.05) is 0 Å². The van der Waals surface area contributed by atoms with Crippen LogP contribution in [-0.2, 0) is 6.42 Å². The van der Waals surface area contributed by atoms with Crippen molar-refractivity contribution in [3.63, 3.8) is 0 Å². The Bertz CT molecular complexity index is 667. The predicted molar refractivity (Wildman–Crippen MR) is 74.0 cm³/mol. The minimum Gasteiger partial charge on any atom is -0.404 e. The lowest BCUT2D eigenvalue weighted by molar-refractivity contribution is -0.402. The maximum atomic E-state index is 11.0. The molecule has 0 amide bonds. The van der Waals surface area contributed by atoms with E-state index in [0.717, 1.165) is 0 Å². The van der Waals surface area contributed by atoms with Crippen molar-refractivity contribution < 1.29 is 14.3 Å². The second-order valence-electron chi connectivity index (χ2n) is 4.36. The zero-order valence-electron chi connectivity index (χ0n) is 11.2. The number of para-hydroxylation sites is 1. The molecule has 0 aliphatic heterocycles. The smallest absolute Gasteiger partial charge is 0.404 e. The van der Waals surface area contributed by atoms with Crippen LogP contribution in [0.2, 0.25) is 0 Å². The summed E-state index contributed by atoms with van der Waals surface area (Å²) < 4.78 is 5.14. The number of nitrogens with zero attached hydrogens (tertiary/aromatic N) is 2. The Labute approximate surface area is 119 Å². The lowest BCUT2D eigenvalue weighted by Crippen LogP contribution is -2.18. The third-order valence-electron chi connectivity index (χ3n) is 3.10. The highest BCUT2D eigenvalue weighted by Crippen LogP contribution is 2.27. The van der Waals surface area contributed by atoms with E-state index in [9.17, 15) is 20.2 Å². The molecule has 1 heterocycles. The molecule has 1 aromatic heterocycles. The topological polar surface area (TPSA) is 111 Å². The molecule has 0 spiro atoms. The lowest BCUT2D eigenvalue weighted by atomic mass is 10.0. The quantitative estimate of drug-likeness (QED) is 0.646. The zero-order chi connectivity index (χ0) is 15.4. The van der Waals surface area contributed by atoms with Crippen LogP contribution in [0.4, 0.5) is 11.6 Å². The Morgan fingerprint density at radius 2 is 1.86 bits per heavy atom. The van der Waals surface area contributed by atoms with E-state index in [1.165, 1.54) is 18.2 Å². The number of nitrogens with one attached hydrogen (secondary N) is 1. The molecular formula is C13H13N3O5. The molecule has 110 valence electrons. The summed E-state index contributed by atoms with van der Waals surface area (Å²) in [5.74, 6) is 0.00941. The molecule has 0 fully saturated rings. The minimum atomic E-state index is -0.624. The highest BCUT2D eigenvalue weighted by atomic mass is 16.6. The number of likely N-dealkylation sites (N-methyl/N-ethyl adjacent to an activating group) is 1. The van der Waals surface area contributed by atoms with Gasteiger partial charge < -0.3 is 9.73 Å². The van der Waals surface area contributed by atoms with Crippen LogP contribution in [0.3, 0.4) is 0 Å². The first kappa shape index (κ1) is 14.7. The van der Waals surface area contributed by atoms with Gasteiger partial charge in [-0.1, -0.05) is 18.2 Å². The molecule has 1 atom stereocenters. The van der Waals surface area contributed by atoms with E-state index in [-0.39, 0.29) is 17.6 Å². The van der Waals surface area contributed by atoms with Gasteiger partial charge in [0.1, 0.15) is 10.7 Å². The predicted octanol–water partition coefficient (Wildman–Crippen LogP) is 2.60. The second-order valence-corrected chi connectivity index (χ2v) is 4.36. The van der Waals surface area contributed by atoms with Crippen LogP contribution in [0.5, 0.6) is 0 Å². The third kappa shape index (κ3) is 3.23. The maximum Gasteiger partial charge on any atom is 0.433 e. The normalized spacial score (nSPS) is 12.0. The number of benzene rings is 1. The van der Waals surface area contributed by atoms with Crippen LogP contribution in [0.25, 0.3) is 0 Å². The summed E-state index contributed by atoms with van der Waals surface area (Å²) in [5, 5.41) is 24.6. The van der Waals surface area contributed by atoms with Gasteiger partial charge in [-0.3, -0.25) is 20.2 Å². The number of hydrogen-bond acceptors (Lipinski definition) is 6. The maximum absolute atomic E-state index is 11.0. The van der Waals surface area contributed by atoms with Gasteiger partial charge in [0.05, 0.1) is 17.0 Å². The van der Waals surface area contributed by atoms with Gasteiger partial charge in [-0.15, -0.1) is 0 Å². The summed E-state index contributed by atoms with van der Waals surface area (Å²) in [7, 11) is 1.66. The van der Waals surface area contributed by atoms with Crippen molar-refractivity contribution in [2.24, 2.45) is 0 Å². The Balaban J connectivity index is 2.27. The van der Waals surface area contributed by atoms with Gasteiger partial charge in [0.25, 0.3) is 5.69 Å². The minimum absolute atomic E-state index is 0.0128. The van der Waals surface area contributed by atoms with Gasteiger partial charge in [0, 0.05) is 18.1 Å². The van der Waals surface area contributed by atoms with Gasteiger partial charge in [-0.2, -0.15) is 0 Å². The van der Waals surface area contributed by atoms with Gasteiger partial charge in [-0.05, 0) is 13.1 Å². The van der Waals surface area contributed by atoms with E-state index < -0.39 is 9.85 Å². The SMILES string of the molecule is CNC(Cc1ccccc1[N+](=O)[O-])c1ccc([N+](=O)[O-])o1. The molecule has 1 unspecified atom stereocenters. The zero-order valence-corrected chi connectivity index (χ0v) is 11.2. The van der Waals surface area contributed by atoms with Gasteiger partial charge in [0.15, 0.2) is 0 Å². The van der Waals surface area contributed by atoms with Crippen LogP contribution in [0.1, 0.15) is 17.4 Å². The van der Waals surface area contributed by atoms with Crippen molar-refractivity contribution in [2.45, 2.75) is 12.5 Å². The number of rotatable bonds is 6. The molecule has 1 N–H and O–H groups in total. The summed E-state index contributed by atoms with van der Waals surface area (Å²) in [5.41, 5.74) is 0.541. The van der Waals surface area contributed by atoms with E-state index >= 15 is 0 Å². The van der Waals surface area contributed by atoms with E-state index in [1.54, 1.807) is 25.2 Å². The molecular weight excluding hydrogens is 278 g/mol. The molecule has 0 saturated carbocycles. The number of nitro benzene ring substituents is 1. The van der Waals surface area contributed by atoms with Crippen molar-refractivity contribution in [1.82, 2.24) is 5.32 Å². The van der Waals surface area contributed by atoms with Gasteiger partial charge >= 0.3 is 5.88 Å². The Morgan fingerprint density at radius 3 is 2.43 bits per heavy atom. The van der Waals surface area contributed by atoms with Crippen molar-refractivity contribution >= 4 is 11.6 Å². The summed E-state index contributed by atoms with van der Waals surface area (Å²) in [6, 6.07) is 8.74. The average Bonchev–Trinajstić information content (AvgIpc) is 2.94. The molecule has 1 aromatic carbocycles. The van der Waals surface area contributed by atoms with Crippen LogP contribution >= 0.6 is 0 Å². The molecule has 21 heavy (non-hydrogen) atoms. The molecule has 2 aromatic rings.